The van der Waals surface area contributed by atoms with Crippen molar-refractivity contribution in [2.24, 2.45) is 11.7 Å². The van der Waals surface area contributed by atoms with Crippen LogP contribution in [0, 0.1) is 11.7 Å². The van der Waals surface area contributed by atoms with Crippen molar-refractivity contribution in [3.05, 3.63) is 29.6 Å². The van der Waals surface area contributed by atoms with Crippen molar-refractivity contribution in [1.82, 2.24) is 4.90 Å². The zero-order chi connectivity index (χ0) is 15.4. The number of nitrogens with two attached hydrogens (primary N) is 1. The van der Waals surface area contributed by atoms with E-state index >= 15 is 0 Å². The molecule has 0 atom stereocenters. The van der Waals surface area contributed by atoms with Crippen LogP contribution in [0.1, 0.15) is 18.4 Å². The second-order valence-corrected chi connectivity index (χ2v) is 5.19. The molecule has 2 N–H and O–H groups in total. The molecule has 0 saturated carbocycles. The van der Waals surface area contributed by atoms with Gasteiger partial charge in [0, 0.05) is 24.6 Å². The average Bonchev–Trinajstić information content (AvgIpc) is 2.47. The Bertz CT molecular complexity index is 540. The molecule has 0 unspecified atom stereocenters. The average molecular weight is 294 g/mol. The first-order valence-electron chi connectivity index (χ1n) is 6.90. The Morgan fingerprint density at radius 3 is 2.62 bits per heavy atom. The SMILES string of the molecule is COc1ccc(F)cc1CC(=O)N1CCC(C(N)=O)CC1. The number of benzene rings is 1. The van der Waals surface area contributed by atoms with Crippen LogP contribution in [0.5, 0.6) is 5.75 Å². The molecule has 0 aromatic heterocycles. The first-order chi connectivity index (χ1) is 10.0. The van der Waals surface area contributed by atoms with Gasteiger partial charge in [0.15, 0.2) is 0 Å². The summed E-state index contributed by atoms with van der Waals surface area (Å²) in [6.07, 6.45) is 1.25. The van der Waals surface area contributed by atoms with E-state index in [1.807, 2.05) is 0 Å². The van der Waals surface area contributed by atoms with Gasteiger partial charge < -0.3 is 15.4 Å². The minimum absolute atomic E-state index is 0.0855. The lowest BCUT2D eigenvalue weighted by molar-refractivity contribution is -0.134. The summed E-state index contributed by atoms with van der Waals surface area (Å²) >= 11 is 0. The number of ether oxygens (including phenoxy) is 1. The Labute approximate surface area is 122 Å². The topological polar surface area (TPSA) is 72.6 Å². The molecule has 0 spiro atoms. The van der Waals surface area contributed by atoms with Crippen molar-refractivity contribution >= 4 is 11.8 Å². The fraction of sp³-hybridized carbons (Fsp3) is 0.467. The molecule has 6 heteroatoms. The normalized spacial score (nSPS) is 15.8. The number of piperidine rings is 1. The second kappa shape index (κ2) is 6.56. The van der Waals surface area contributed by atoms with E-state index in [0.29, 0.717) is 37.2 Å². The Morgan fingerprint density at radius 1 is 1.38 bits per heavy atom. The van der Waals surface area contributed by atoms with Crippen molar-refractivity contribution < 1.29 is 18.7 Å². The number of primary amides is 1. The fourth-order valence-corrected chi connectivity index (χ4v) is 2.57. The molecule has 1 aromatic rings. The summed E-state index contributed by atoms with van der Waals surface area (Å²) in [6, 6.07) is 4.12. The highest BCUT2D eigenvalue weighted by molar-refractivity contribution is 5.80. The lowest BCUT2D eigenvalue weighted by atomic mass is 9.96. The fourth-order valence-electron chi connectivity index (χ4n) is 2.57. The molecule has 1 aliphatic rings. The van der Waals surface area contributed by atoms with Gasteiger partial charge in [0.1, 0.15) is 11.6 Å². The highest BCUT2D eigenvalue weighted by Gasteiger charge is 2.26. The van der Waals surface area contributed by atoms with Gasteiger partial charge in [0.2, 0.25) is 11.8 Å². The van der Waals surface area contributed by atoms with Crippen LogP contribution in [0.25, 0.3) is 0 Å². The third-order valence-electron chi connectivity index (χ3n) is 3.83. The molecule has 1 aliphatic heterocycles. The molecular formula is C15H19FN2O3. The maximum Gasteiger partial charge on any atom is 0.227 e. The van der Waals surface area contributed by atoms with Crippen molar-refractivity contribution in [2.45, 2.75) is 19.3 Å². The van der Waals surface area contributed by atoms with Gasteiger partial charge in [-0.05, 0) is 31.0 Å². The Hall–Kier alpha value is -2.11. The summed E-state index contributed by atoms with van der Waals surface area (Å²) in [7, 11) is 1.49. The molecule has 1 aromatic carbocycles. The maximum atomic E-state index is 13.3. The van der Waals surface area contributed by atoms with Crippen LogP contribution < -0.4 is 10.5 Å². The third kappa shape index (κ3) is 3.71. The molecule has 2 amide bonds. The van der Waals surface area contributed by atoms with Crippen LogP contribution in [0.3, 0.4) is 0 Å². The summed E-state index contributed by atoms with van der Waals surface area (Å²) in [5.41, 5.74) is 5.79. The van der Waals surface area contributed by atoms with E-state index in [1.54, 1.807) is 4.90 Å². The van der Waals surface area contributed by atoms with E-state index in [0.717, 1.165) is 0 Å². The number of hydrogen-bond acceptors (Lipinski definition) is 3. The number of carbonyl (C=O) groups is 2. The van der Waals surface area contributed by atoms with Gasteiger partial charge in [0.25, 0.3) is 0 Å². The van der Waals surface area contributed by atoms with Crippen LogP contribution in [0.15, 0.2) is 18.2 Å². The number of amides is 2. The molecule has 114 valence electrons. The molecule has 1 fully saturated rings. The number of methoxy groups -OCH3 is 1. The van der Waals surface area contributed by atoms with Crippen molar-refractivity contribution in [2.75, 3.05) is 20.2 Å². The first-order valence-corrected chi connectivity index (χ1v) is 6.90. The van der Waals surface area contributed by atoms with Gasteiger partial charge in [-0.3, -0.25) is 9.59 Å². The van der Waals surface area contributed by atoms with Gasteiger partial charge in [-0.25, -0.2) is 4.39 Å². The first kappa shape index (κ1) is 15.3. The molecular weight excluding hydrogens is 275 g/mol. The maximum absolute atomic E-state index is 13.3. The molecule has 1 heterocycles. The van der Waals surface area contributed by atoms with E-state index in [2.05, 4.69) is 0 Å². The molecule has 0 bridgehead atoms. The number of halogens is 1. The monoisotopic (exact) mass is 294 g/mol. The summed E-state index contributed by atoms with van der Waals surface area (Å²) in [4.78, 5) is 25.0. The number of carbonyl (C=O) groups excluding carboxylic acids is 2. The van der Waals surface area contributed by atoms with Gasteiger partial charge in [0.05, 0.1) is 13.5 Å². The molecule has 0 radical (unpaired) electrons. The lowest BCUT2D eigenvalue weighted by Crippen LogP contribution is -2.42. The van der Waals surface area contributed by atoms with E-state index < -0.39 is 5.82 Å². The van der Waals surface area contributed by atoms with Gasteiger partial charge in [-0.2, -0.15) is 0 Å². The van der Waals surface area contributed by atoms with Crippen LogP contribution >= 0.6 is 0 Å². The number of rotatable bonds is 4. The third-order valence-corrected chi connectivity index (χ3v) is 3.83. The van der Waals surface area contributed by atoms with Gasteiger partial charge in [-0.1, -0.05) is 0 Å². The molecule has 5 nitrogen and oxygen atoms in total. The summed E-state index contributed by atoms with van der Waals surface area (Å²) < 4.78 is 18.4. The van der Waals surface area contributed by atoms with Crippen LogP contribution in [-0.4, -0.2) is 36.9 Å². The van der Waals surface area contributed by atoms with Crippen LogP contribution in [0.4, 0.5) is 4.39 Å². The predicted octanol–water partition coefficient (Wildman–Crippen LogP) is 1.10. The van der Waals surface area contributed by atoms with Crippen LogP contribution in [-0.2, 0) is 16.0 Å². The standard InChI is InChI=1S/C15H19FN2O3/c1-21-13-3-2-12(16)8-11(13)9-14(19)18-6-4-10(5-7-18)15(17)20/h2-3,8,10H,4-7,9H2,1H3,(H2,17,20). The predicted molar refractivity (Wildman–Crippen MR) is 75.2 cm³/mol. The van der Waals surface area contributed by atoms with Gasteiger partial charge >= 0.3 is 0 Å². The summed E-state index contributed by atoms with van der Waals surface area (Å²) in [6.45, 7) is 1.01. The van der Waals surface area contributed by atoms with E-state index in [9.17, 15) is 14.0 Å². The minimum Gasteiger partial charge on any atom is -0.496 e. The Balaban J connectivity index is 1.99. The van der Waals surface area contributed by atoms with Crippen molar-refractivity contribution in [3.63, 3.8) is 0 Å². The minimum atomic E-state index is -0.397. The number of likely N-dealkylation sites (tertiary alicyclic amines) is 1. The Morgan fingerprint density at radius 2 is 2.05 bits per heavy atom. The van der Waals surface area contributed by atoms with Crippen molar-refractivity contribution in [1.29, 1.82) is 0 Å². The summed E-state index contributed by atoms with van der Waals surface area (Å²) in [5, 5.41) is 0. The van der Waals surface area contributed by atoms with Crippen molar-refractivity contribution in [3.8, 4) is 5.75 Å². The second-order valence-electron chi connectivity index (χ2n) is 5.19. The molecule has 2 rings (SSSR count). The largest absolute Gasteiger partial charge is 0.496 e. The van der Waals surface area contributed by atoms with Crippen LogP contribution in [0.2, 0.25) is 0 Å². The smallest absolute Gasteiger partial charge is 0.227 e. The van der Waals surface area contributed by atoms with Gasteiger partial charge in [-0.15, -0.1) is 0 Å². The van der Waals surface area contributed by atoms with E-state index in [1.165, 1.54) is 25.3 Å². The molecule has 0 aliphatic carbocycles. The zero-order valence-corrected chi connectivity index (χ0v) is 12.0. The molecule has 21 heavy (non-hydrogen) atoms. The Kier molecular flexibility index (Phi) is 4.77. The number of nitrogens with zero attached hydrogens (tertiary/aromatic N) is 1. The number of hydrogen-bond donors (Lipinski definition) is 1. The lowest BCUT2D eigenvalue weighted by Gasteiger charge is -2.30. The zero-order valence-electron chi connectivity index (χ0n) is 12.0. The quantitative estimate of drug-likeness (QED) is 0.904. The summed E-state index contributed by atoms with van der Waals surface area (Å²) in [5.74, 6) is -0.462. The highest BCUT2D eigenvalue weighted by atomic mass is 19.1. The highest BCUT2D eigenvalue weighted by Crippen LogP contribution is 2.22. The van der Waals surface area contributed by atoms with E-state index in [-0.39, 0.29) is 24.2 Å². The van der Waals surface area contributed by atoms with E-state index in [4.69, 9.17) is 10.5 Å². The molecule has 1 saturated heterocycles.